The average molecular weight is 1310 g/mol. The molecule has 0 spiro atoms. The Bertz CT molecular complexity index is 2440. The summed E-state index contributed by atoms with van der Waals surface area (Å²) >= 11 is 5.25. The van der Waals surface area contributed by atoms with Crippen molar-refractivity contribution in [3.8, 4) is 0 Å². The Kier molecular flexibility index (Phi) is 44.1. The molecule has 0 aliphatic heterocycles. The summed E-state index contributed by atoms with van der Waals surface area (Å²) < 4.78 is 18.2. The normalized spacial score (nSPS) is 12.9. The van der Waals surface area contributed by atoms with Gasteiger partial charge in [0.2, 0.25) is 0 Å². The number of aromatic amines is 1. The number of urea groups is 4. The molecule has 0 aromatic carbocycles. The lowest BCUT2D eigenvalue weighted by Gasteiger charge is -2.23. The van der Waals surface area contributed by atoms with E-state index in [9.17, 15) is 81.5 Å². The first kappa shape index (κ1) is 82.2. The van der Waals surface area contributed by atoms with Crippen molar-refractivity contribution in [1.82, 2.24) is 63.2 Å². The van der Waals surface area contributed by atoms with Crippen molar-refractivity contribution in [3.05, 3.63) is 5.82 Å². The summed E-state index contributed by atoms with van der Waals surface area (Å²) in [6, 6.07) is -9.26. The van der Waals surface area contributed by atoms with Crippen molar-refractivity contribution < 1.29 is 146 Å². The van der Waals surface area contributed by atoms with Gasteiger partial charge in [-0.3, -0.25) is 43.2 Å². The summed E-state index contributed by atoms with van der Waals surface area (Å²) in [6.45, 7) is 6.27. The summed E-state index contributed by atoms with van der Waals surface area (Å²) in [6.07, 6.45) is -7.32. The van der Waals surface area contributed by atoms with E-state index in [1.165, 1.54) is 11.8 Å². The van der Waals surface area contributed by atoms with E-state index in [0.29, 0.717) is 5.82 Å². The van der Waals surface area contributed by atoms with Gasteiger partial charge in [-0.05, 0) is 25.7 Å². The number of rotatable bonds is 41. The quantitative estimate of drug-likeness (QED) is 0.0133. The lowest BCUT2D eigenvalue weighted by Crippen LogP contribution is -2.50. The number of hydrogen-bond acceptors (Lipinski definition) is 26. The molecule has 0 radical (unpaired) electrons. The van der Waals surface area contributed by atoms with Gasteiger partial charge in [-0.1, -0.05) is 26.0 Å². The van der Waals surface area contributed by atoms with Crippen molar-refractivity contribution in [2.24, 2.45) is 0 Å². The minimum Gasteiger partial charge on any atom is -0.481 e. The minimum absolute atomic E-state index is 0.000968. The lowest BCUT2D eigenvalue weighted by atomic mass is 10.1. The molecule has 496 valence electrons. The van der Waals surface area contributed by atoms with Gasteiger partial charge in [0.15, 0.2) is 30.7 Å². The van der Waals surface area contributed by atoms with Crippen LogP contribution < -0.4 is 42.5 Å². The Morgan fingerprint density at radius 3 is 1.01 bits per heavy atom. The minimum atomic E-state index is -1.45. The van der Waals surface area contributed by atoms with Gasteiger partial charge in [0.25, 0.3) is 25.9 Å². The molecule has 44 heteroatoms. The highest BCUT2D eigenvalue weighted by atomic mass is 32.2. The van der Waals surface area contributed by atoms with Crippen LogP contribution in [0.5, 0.6) is 0 Å². The molecule has 1 heterocycles. The molecule has 1 aromatic heterocycles. The molecule has 0 fully saturated rings. The number of aryl methyl sites for hydroxylation is 1. The van der Waals surface area contributed by atoms with Crippen LogP contribution in [0, 0.1) is 0 Å². The maximum absolute atomic E-state index is 11.8. The highest BCUT2D eigenvalue weighted by Crippen LogP contribution is 2.24. The monoisotopic (exact) mass is 1310 g/mol. The fraction of sp³-hybridized carbons (Fsp3) is 0.591. The third kappa shape index (κ3) is 47.3. The summed E-state index contributed by atoms with van der Waals surface area (Å²) in [5.41, 5.74) is 0. The number of carboxylic acid groups (broad SMARTS) is 9. The lowest BCUT2D eigenvalue weighted by molar-refractivity contribution is -0.142. The van der Waals surface area contributed by atoms with Crippen LogP contribution in [0.2, 0.25) is 0 Å². The predicted octanol–water partition coefficient (Wildman–Crippen LogP) is -3.12. The number of aromatic nitrogens is 4. The van der Waals surface area contributed by atoms with Gasteiger partial charge in [-0.15, -0.1) is 10.2 Å². The number of H-pyrrole nitrogens is 1. The van der Waals surface area contributed by atoms with E-state index in [1.54, 1.807) is 0 Å². The van der Waals surface area contributed by atoms with E-state index in [-0.39, 0.29) is 93.5 Å². The van der Waals surface area contributed by atoms with E-state index in [0.717, 1.165) is 0 Å². The number of thioether (sulfide) groups is 1. The zero-order chi connectivity index (χ0) is 68.0. The maximum atomic E-state index is 11.8. The van der Waals surface area contributed by atoms with Gasteiger partial charge in [-0.25, -0.2) is 38.4 Å². The number of thiol groups is 1. The second kappa shape index (κ2) is 47.2. The van der Waals surface area contributed by atoms with Gasteiger partial charge in [0.1, 0.15) is 24.2 Å². The summed E-state index contributed by atoms with van der Waals surface area (Å²) in [4.78, 5) is 183. The van der Waals surface area contributed by atoms with Crippen molar-refractivity contribution in [1.29, 1.82) is 0 Å². The van der Waals surface area contributed by atoms with Crippen LogP contribution in [0.4, 0.5) is 19.2 Å². The second-order valence-electron chi connectivity index (χ2n) is 17.6. The molecule has 0 saturated heterocycles. The SMILES string of the molecule is CC(C)(C)SC[C@H](NC(=O)N[C@@H](CCC(=O)O)C(=O)O)OC=O.O=CO[C@H](CCC(=O)O)NC(=O)N[C@@H](CCC(=O)O)C(=O)O.O=CO[C@H](CCc1nn[nH]n1)NC(=O)N[C@@H](CCC(=O)O)C(=O)O.O=CO[C@H](CS)NC(=O)N[C@@H](CCC(=O)O)C(=O)O. The fourth-order valence-electron chi connectivity index (χ4n) is 5.47. The molecule has 0 aliphatic carbocycles. The number of hydrogen-bond donors (Lipinski definition) is 19. The van der Waals surface area contributed by atoms with Crippen molar-refractivity contribution in [3.63, 3.8) is 0 Å². The molecule has 42 nitrogen and oxygen atoms in total. The van der Waals surface area contributed by atoms with Crippen LogP contribution in [0.3, 0.4) is 0 Å². The van der Waals surface area contributed by atoms with E-state index in [2.05, 4.69) is 84.7 Å². The first-order valence-corrected chi connectivity index (χ1v) is 26.4. The Balaban J connectivity index is -0.00000110. The smallest absolute Gasteiger partial charge is 0.326 e. The molecule has 1 rings (SSSR count). The summed E-state index contributed by atoms with van der Waals surface area (Å²) in [7, 11) is 0. The molecule has 0 bridgehead atoms. The molecule has 88 heavy (non-hydrogen) atoms. The van der Waals surface area contributed by atoms with Crippen molar-refractivity contribution >= 4 is 128 Å². The molecule has 8 amide bonds. The standard InChI is InChI=1S/C13H22N2O7S.C11H16N6O7.C11H16N2O9.C9H14N2O7S/c1-13(2,3)23-6-9(22-7-16)15-12(21)14-8(11(19)20)4-5-10(17)18;18-5-24-8(3-2-7-14-16-17-15-7)13-11(23)12-6(10(21)22)1-4-9(19)20;14-5-22-7(2-4-9(17)18)13-11(21)12-6(10(19)20)1-3-8(15)16;12-4-18-6(3-19)11-9(17)10-5(8(15)16)1-2-7(13)14/h7-9H,4-6H2,1-3H3,(H,17,18)(H,19,20)(H2,14,15,21);5-6,8H,1-4H2,(H,19,20)(H,21,22)(H2,12,13,23)(H,14,15,16,17);5-7H,1-4H2,(H,15,16)(H,17,18)(H,19,20)(H2,12,13,21);4-6,19H,1-3H2,(H,13,14)(H,15,16)(H2,10,11,17)/t8-,9+;6-,8+;6-,7+;5-,6+/m0000/s1. The Morgan fingerprint density at radius 1 is 0.455 bits per heavy atom. The first-order valence-electron chi connectivity index (χ1n) is 24.7. The summed E-state index contributed by atoms with van der Waals surface area (Å²) in [5, 5.41) is 108. The number of carbonyl (C=O) groups excluding carboxylic acids is 8. The molecule has 0 unspecified atom stereocenters. The number of carbonyl (C=O) groups is 17. The molecule has 0 aliphatic rings. The van der Waals surface area contributed by atoms with Crippen LogP contribution in [-0.2, 0) is 87.7 Å². The number of carboxylic acids is 9. The fourth-order valence-corrected chi connectivity index (χ4v) is 6.46. The predicted molar refractivity (Wildman–Crippen MR) is 289 cm³/mol. The topological polar surface area (TPSA) is 660 Å². The summed E-state index contributed by atoms with van der Waals surface area (Å²) in [5.74, 6) is -10.8. The van der Waals surface area contributed by atoms with Gasteiger partial charge in [0, 0.05) is 55.4 Å². The van der Waals surface area contributed by atoms with Gasteiger partial charge < -0.3 is 107 Å². The Hall–Kier alpha value is -10.0. The highest BCUT2D eigenvalue weighted by Gasteiger charge is 2.27. The third-order valence-electron chi connectivity index (χ3n) is 9.52. The number of tetrazole rings is 1. The molecule has 1 aromatic rings. The zero-order valence-corrected chi connectivity index (χ0v) is 48.3. The average Bonchev–Trinajstić information content (AvgIpc) is 4.09. The number of amides is 8. The van der Waals surface area contributed by atoms with Crippen molar-refractivity contribution in [2.45, 2.75) is 152 Å². The Morgan fingerprint density at radius 2 is 0.739 bits per heavy atom. The highest BCUT2D eigenvalue weighted by molar-refractivity contribution is 8.00. The Labute approximate surface area is 505 Å². The van der Waals surface area contributed by atoms with E-state index in [4.69, 9.17) is 50.7 Å². The molecule has 8 atom stereocenters. The zero-order valence-electron chi connectivity index (χ0n) is 46.6. The van der Waals surface area contributed by atoms with E-state index in [1.807, 2.05) is 26.1 Å². The van der Waals surface area contributed by atoms with Crippen molar-refractivity contribution in [2.75, 3.05) is 11.5 Å². The molecular weight excluding hydrogens is 1240 g/mol. The van der Waals surface area contributed by atoms with Crippen LogP contribution in [0.15, 0.2) is 0 Å². The second-order valence-corrected chi connectivity index (χ2v) is 19.8. The van der Waals surface area contributed by atoms with Crippen LogP contribution in [0.1, 0.15) is 97.2 Å². The van der Waals surface area contributed by atoms with E-state index < -0.39 is 153 Å². The first-order chi connectivity index (χ1) is 41.1. The van der Waals surface area contributed by atoms with Crippen LogP contribution in [0.25, 0.3) is 0 Å². The van der Waals surface area contributed by atoms with Gasteiger partial charge in [0.05, 0.1) is 12.2 Å². The number of nitrogens with one attached hydrogen (secondary N) is 9. The van der Waals surface area contributed by atoms with E-state index >= 15 is 0 Å². The molecular formula is C44H68N12O30S2. The maximum Gasteiger partial charge on any atom is 0.326 e. The third-order valence-corrected chi connectivity index (χ3v) is 11.2. The van der Waals surface area contributed by atoms with Gasteiger partial charge in [-0.2, -0.15) is 29.6 Å². The number of aliphatic carboxylic acids is 9. The van der Waals surface area contributed by atoms with Gasteiger partial charge >= 0.3 is 77.8 Å². The van der Waals surface area contributed by atoms with Crippen LogP contribution >= 0.6 is 24.4 Å². The molecule has 0 saturated carbocycles. The number of nitrogens with zero attached hydrogens (tertiary/aromatic N) is 3. The number of ether oxygens (including phenoxy) is 4. The van der Waals surface area contributed by atoms with Crippen LogP contribution in [-0.4, -0.2) is 236 Å². The largest absolute Gasteiger partial charge is 0.481 e. The molecule has 18 N–H and O–H groups in total.